The Hall–Kier alpha value is -2.30. The minimum atomic E-state index is -0.465. The van der Waals surface area contributed by atoms with Gasteiger partial charge < -0.3 is 13.9 Å². The summed E-state index contributed by atoms with van der Waals surface area (Å²) in [6.07, 6.45) is 1.92. The zero-order valence-corrected chi connectivity index (χ0v) is 14.5. The van der Waals surface area contributed by atoms with Crippen molar-refractivity contribution in [2.75, 3.05) is 0 Å². The molecule has 0 N–H and O–H groups in total. The molecule has 0 saturated heterocycles. The van der Waals surface area contributed by atoms with E-state index in [1.807, 2.05) is 26.8 Å². The molecule has 0 amide bonds. The van der Waals surface area contributed by atoms with Crippen molar-refractivity contribution in [1.82, 2.24) is 0 Å². The van der Waals surface area contributed by atoms with Crippen molar-refractivity contribution >= 4 is 16.9 Å². The van der Waals surface area contributed by atoms with Crippen LogP contribution in [0.2, 0.25) is 0 Å². The van der Waals surface area contributed by atoms with Gasteiger partial charge in [0, 0.05) is 30.0 Å². The molecule has 3 rings (SSSR count). The van der Waals surface area contributed by atoms with Gasteiger partial charge in [-0.05, 0) is 44.7 Å². The van der Waals surface area contributed by atoms with Gasteiger partial charge in [-0.3, -0.25) is 4.79 Å². The van der Waals surface area contributed by atoms with Crippen LogP contribution in [0.1, 0.15) is 57.8 Å². The summed E-state index contributed by atoms with van der Waals surface area (Å²) in [5, 5.41) is 0.796. The first-order valence-corrected chi connectivity index (χ1v) is 8.26. The largest absolute Gasteiger partial charge is 0.487 e. The highest BCUT2D eigenvalue weighted by Crippen LogP contribution is 2.38. The lowest BCUT2D eigenvalue weighted by molar-refractivity contribution is -0.146. The van der Waals surface area contributed by atoms with Gasteiger partial charge in [0.25, 0.3) is 0 Å². The zero-order valence-electron chi connectivity index (χ0n) is 14.5. The van der Waals surface area contributed by atoms with Crippen LogP contribution in [0.15, 0.2) is 27.4 Å². The minimum absolute atomic E-state index is 0.234. The van der Waals surface area contributed by atoms with Crippen molar-refractivity contribution in [3.8, 4) is 5.75 Å². The Morgan fingerprint density at radius 2 is 2.08 bits per heavy atom. The molecule has 1 atom stereocenters. The lowest BCUT2D eigenvalue weighted by Crippen LogP contribution is -2.32. The number of carbonyl (C=O) groups is 1. The minimum Gasteiger partial charge on any atom is -0.487 e. The lowest BCUT2D eigenvalue weighted by atomic mass is 9.92. The Balaban J connectivity index is 2.17. The molecule has 2 heterocycles. The number of hydrogen-bond donors (Lipinski definition) is 0. The van der Waals surface area contributed by atoms with Gasteiger partial charge in [-0.25, -0.2) is 4.79 Å². The van der Waals surface area contributed by atoms with Crippen LogP contribution in [0.3, 0.4) is 0 Å². The molecule has 2 aromatic rings. The van der Waals surface area contributed by atoms with Crippen molar-refractivity contribution in [2.45, 2.75) is 58.7 Å². The van der Waals surface area contributed by atoms with E-state index in [1.165, 1.54) is 13.0 Å². The normalized spacial score (nSPS) is 17.0. The standard InChI is InChI=1S/C19H22O5/c1-5-15(22-11(2)20)14-9-18(21)23-17-10-16-12(8-13(14)17)6-7-19(3,4)24-16/h8-10,15H,5-7H2,1-4H3. The Morgan fingerprint density at radius 1 is 1.33 bits per heavy atom. The van der Waals surface area contributed by atoms with E-state index >= 15 is 0 Å². The first-order chi connectivity index (χ1) is 11.3. The molecule has 24 heavy (non-hydrogen) atoms. The Bertz CT molecular complexity index is 847. The molecular weight excluding hydrogens is 308 g/mol. The molecule has 0 fully saturated rings. The van der Waals surface area contributed by atoms with E-state index in [2.05, 4.69) is 0 Å². The number of rotatable bonds is 3. The quantitative estimate of drug-likeness (QED) is 0.630. The average molecular weight is 330 g/mol. The number of fused-ring (bicyclic) bond motifs is 2. The fourth-order valence-electron chi connectivity index (χ4n) is 3.17. The fourth-order valence-corrected chi connectivity index (χ4v) is 3.17. The summed E-state index contributed by atoms with van der Waals surface area (Å²) >= 11 is 0. The van der Waals surface area contributed by atoms with Crippen LogP contribution >= 0.6 is 0 Å². The van der Waals surface area contributed by atoms with Crippen molar-refractivity contribution in [3.05, 3.63) is 39.7 Å². The first-order valence-electron chi connectivity index (χ1n) is 8.26. The van der Waals surface area contributed by atoms with Crippen molar-refractivity contribution in [3.63, 3.8) is 0 Å². The van der Waals surface area contributed by atoms with E-state index in [0.29, 0.717) is 17.6 Å². The van der Waals surface area contributed by atoms with E-state index in [1.54, 1.807) is 6.07 Å². The van der Waals surface area contributed by atoms with Crippen molar-refractivity contribution in [2.24, 2.45) is 0 Å². The first kappa shape index (κ1) is 16.6. The molecule has 1 aromatic carbocycles. The van der Waals surface area contributed by atoms with E-state index in [0.717, 1.165) is 29.5 Å². The van der Waals surface area contributed by atoms with Crippen LogP contribution in [-0.4, -0.2) is 11.6 Å². The summed E-state index contributed by atoms with van der Waals surface area (Å²) in [4.78, 5) is 23.3. The van der Waals surface area contributed by atoms with Gasteiger partial charge in [-0.15, -0.1) is 0 Å². The molecule has 5 heteroatoms. The topological polar surface area (TPSA) is 65.7 Å². The average Bonchev–Trinajstić information content (AvgIpc) is 2.49. The molecule has 0 radical (unpaired) electrons. The lowest BCUT2D eigenvalue weighted by Gasteiger charge is -2.32. The van der Waals surface area contributed by atoms with Crippen molar-refractivity contribution < 1.29 is 18.7 Å². The number of hydrogen-bond acceptors (Lipinski definition) is 5. The molecule has 0 aliphatic carbocycles. The molecule has 5 nitrogen and oxygen atoms in total. The summed E-state index contributed by atoms with van der Waals surface area (Å²) in [6, 6.07) is 5.18. The number of aryl methyl sites for hydroxylation is 1. The molecule has 1 aliphatic heterocycles. The van der Waals surface area contributed by atoms with Crippen LogP contribution in [0.25, 0.3) is 11.0 Å². The molecule has 1 aromatic heterocycles. The third kappa shape index (κ3) is 3.16. The van der Waals surface area contributed by atoms with E-state index < -0.39 is 11.7 Å². The van der Waals surface area contributed by atoms with Gasteiger partial charge in [0.2, 0.25) is 0 Å². The van der Waals surface area contributed by atoms with Gasteiger partial charge >= 0.3 is 11.6 Å². The second-order valence-corrected chi connectivity index (χ2v) is 6.84. The molecule has 128 valence electrons. The number of benzene rings is 1. The Labute approximate surface area is 140 Å². The van der Waals surface area contributed by atoms with Crippen LogP contribution in [0.5, 0.6) is 5.75 Å². The number of ether oxygens (including phenoxy) is 2. The van der Waals surface area contributed by atoms with Gasteiger partial charge in [0.1, 0.15) is 23.0 Å². The predicted molar refractivity (Wildman–Crippen MR) is 90.3 cm³/mol. The van der Waals surface area contributed by atoms with Gasteiger partial charge in [-0.1, -0.05) is 6.92 Å². The Kier molecular flexibility index (Phi) is 4.11. The van der Waals surface area contributed by atoms with E-state index in [9.17, 15) is 9.59 Å². The van der Waals surface area contributed by atoms with Crippen molar-refractivity contribution in [1.29, 1.82) is 0 Å². The molecule has 1 aliphatic rings. The van der Waals surface area contributed by atoms with E-state index in [4.69, 9.17) is 13.9 Å². The third-order valence-corrected chi connectivity index (χ3v) is 4.37. The highest BCUT2D eigenvalue weighted by Gasteiger charge is 2.28. The molecule has 0 saturated carbocycles. The Morgan fingerprint density at radius 3 is 2.75 bits per heavy atom. The zero-order chi connectivity index (χ0) is 17.5. The molecule has 0 bridgehead atoms. The van der Waals surface area contributed by atoms with Crippen LogP contribution in [-0.2, 0) is 16.0 Å². The maximum absolute atomic E-state index is 12.0. The molecule has 1 unspecified atom stereocenters. The number of esters is 1. The molecule has 0 spiro atoms. The van der Waals surface area contributed by atoms with E-state index in [-0.39, 0.29) is 11.6 Å². The second-order valence-electron chi connectivity index (χ2n) is 6.84. The highest BCUT2D eigenvalue weighted by atomic mass is 16.5. The summed E-state index contributed by atoms with van der Waals surface area (Å²) in [5.41, 5.74) is 1.53. The van der Waals surface area contributed by atoms with Crippen LogP contribution in [0.4, 0.5) is 0 Å². The smallest absolute Gasteiger partial charge is 0.336 e. The third-order valence-electron chi connectivity index (χ3n) is 4.37. The highest BCUT2D eigenvalue weighted by molar-refractivity contribution is 5.83. The summed E-state index contributed by atoms with van der Waals surface area (Å²) in [5.74, 6) is 0.380. The summed E-state index contributed by atoms with van der Waals surface area (Å²) in [7, 11) is 0. The SMILES string of the molecule is CCC(OC(C)=O)c1cc(=O)oc2cc3c(cc12)CCC(C)(C)O3. The summed E-state index contributed by atoms with van der Waals surface area (Å²) in [6.45, 7) is 7.37. The fraction of sp³-hybridized carbons (Fsp3) is 0.474. The monoisotopic (exact) mass is 330 g/mol. The maximum Gasteiger partial charge on any atom is 0.336 e. The van der Waals surface area contributed by atoms with Gasteiger partial charge in [-0.2, -0.15) is 0 Å². The number of carbonyl (C=O) groups excluding carboxylic acids is 1. The maximum atomic E-state index is 12.0. The van der Waals surface area contributed by atoms with Gasteiger partial charge in [0.15, 0.2) is 0 Å². The summed E-state index contributed by atoms with van der Waals surface area (Å²) < 4.78 is 16.7. The second kappa shape index (κ2) is 5.96. The van der Waals surface area contributed by atoms with Gasteiger partial charge in [0.05, 0.1) is 0 Å². The molecular formula is C19H22O5. The predicted octanol–water partition coefficient (Wildman–Crippen LogP) is 3.91. The van der Waals surface area contributed by atoms with Crippen LogP contribution < -0.4 is 10.4 Å². The van der Waals surface area contributed by atoms with Crippen LogP contribution in [0, 0.1) is 0 Å².